The summed E-state index contributed by atoms with van der Waals surface area (Å²) in [4.78, 5) is 2.55. The summed E-state index contributed by atoms with van der Waals surface area (Å²) >= 11 is 0. The minimum absolute atomic E-state index is 0.0695. The van der Waals surface area contributed by atoms with E-state index in [1.165, 1.54) is 38.9 Å². The Morgan fingerprint density at radius 2 is 1.88 bits per heavy atom. The van der Waals surface area contributed by atoms with Gasteiger partial charge in [0, 0.05) is 18.7 Å². The lowest BCUT2D eigenvalue weighted by molar-refractivity contribution is -0.0649. The first kappa shape index (κ1) is 13.3. The number of piperidine rings is 1. The maximum Gasteiger partial charge on any atom is 0.0641 e. The predicted octanol–water partition coefficient (Wildman–Crippen LogP) is 2.02. The summed E-state index contributed by atoms with van der Waals surface area (Å²) in [6.45, 7) is 11.3. The van der Waals surface area contributed by atoms with Crippen LogP contribution in [0.5, 0.6) is 0 Å². The fourth-order valence-corrected chi connectivity index (χ4v) is 3.12. The zero-order valence-corrected chi connectivity index (χ0v) is 11.7. The van der Waals surface area contributed by atoms with Crippen molar-refractivity contribution in [1.82, 2.24) is 10.2 Å². The molecule has 0 spiro atoms. The number of hydrogen-bond acceptors (Lipinski definition) is 3. The topological polar surface area (TPSA) is 24.5 Å². The number of hydrogen-bond donors (Lipinski definition) is 1. The molecular formula is C14H28N2O. The molecule has 0 amide bonds. The first-order valence-corrected chi connectivity index (χ1v) is 7.21. The van der Waals surface area contributed by atoms with Crippen molar-refractivity contribution in [3.63, 3.8) is 0 Å². The van der Waals surface area contributed by atoms with Gasteiger partial charge in [-0.2, -0.15) is 0 Å². The lowest BCUT2D eigenvalue weighted by Gasteiger charge is -2.39. The van der Waals surface area contributed by atoms with E-state index < -0.39 is 0 Å². The zero-order valence-electron chi connectivity index (χ0n) is 11.7. The van der Waals surface area contributed by atoms with E-state index in [0.29, 0.717) is 6.04 Å². The summed E-state index contributed by atoms with van der Waals surface area (Å²) in [7, 11) is 0. The van der Waals surface area contributed by atoms with Crippen molar-refractivity contribution in [2.45, 2.75) is 64.1 Å². The van der Waals surface area contributed by atoms with Crippen LogP contribution in [-0.2, 0) is 4.74 Å². The molecule has 1 N–H and O–H groups in total. The van der Waals surface area contributed by atoms with Crippen molar-refractivity contribution in [2.24, 2.45) is 0 Å². The largest absolute Gasteiger partial charge is 0.375 e. The second-order valence-electron chi connectivity index (χ2n) is 6.17. The average Bonchev–Trinajstić information content (AvgIpc) is 2.29. The monoisotopic (exact) mass is 240 g/mol. The van der Waals surface area contributed by atoms with Crippen LogP contribution >= 0.6 is 0 Å². The quantitative estimate of drug-likeness (QED) is 0.817. The van der Waals surface area contributed by atoms with E-state index in [0.717, 1.165) is 19.1 Å². The minimum atomic E-state index is 0.0695. The van der Waals surface area contributed by atoms with Crippen molar-refractivity contribution in [3.05, 3.63) is 0 Å². The van der Waals surface area contributed by atoms with Crippen LogP contribution in [0.25, 0.3) is 0 Å². The standard InChI is InChI=1S/C14H28N2O/c1-4-16-8-5-12(6-9-16)15-13-7-10-17-14(2,3)11-13/h12-13,15H,4-11H2,1-3H3. The Hall–Kier alpha value is -0.120. The molecule has 2 aliphatic heterocycles. The first-order valence-electron chi connectivity index (χ1n) is 7.21. The molecule has 2 aliphatic rings. The van der Waals surface area contributed by atoms with E-state index in [1.54, 1.807) is 0 Å². The van der Waals surface area contributed by atoms with Crippen LogP contribution in [0, 0.1) is 0 Å². The van der Waals surface area contributed by atoms with Crippen molar-refractivity contribution in [2.75, 3.05) is 26.2 Å². The summed E-state index contributed by atoms with van der Waals surface area (Å²) in [6.07, 6.45) is 4.95. The molecule has 100 valence electrons. The smallest absolute Gasteiger partial charge is 0.0641 e. The fraction of sp³-hybridized carbons (Fsp3) is 1.00. The Kier molecular flexibility index (Phi) is 4.45. The second-order valence-corrected chi connectivity index (χ2v) is 6.17. The maximum absolute atomic E-state index is 5.77. The lowest BCUT2D eigenvalue weighted by Crippen LogP contribution is -2.50. The molecule has 1 unspecified atom stereocenters. The average molecular weight is 240 g/mol. The van der Waals surface area contributed by atoms with Gasteiger partial charge in [-0.1, -0.05) is 6.92 Å². The normalized spacial score (nSPS) is 31.6. The molecule has 2 rings (SSSR count). The maximum atomic E-state index is 5.77. The van der Waals surface area contributed by atoms with Gasteiger partial charge in [-0.3, -0.25) is 0 Å². The van der Waals surface area contributed by atoms with E-state index in [2.05, 4.69) is 31.0 Å². The Balaban J connectivity index is 1.74. The van der Waals surface area contributed by atoms with Crippen LogP contribution in [0.1, 0.15) is 46.5 Å². The van der Waals surface area contributed by atoms with Crippen molar-refractivity contribution in [1.29, 1.82) is 0 Å². The third kappa shape index (κ3) is 3.94. The van der Waals surface area contributed by atoms with Crippen LogP contribution in [0.4, 0.5) is 0 Å². The molecule has 0 aliphatic carbocycles. The molecule has 2 heterocycles. The zero-order chi connectivity index (χ0) is 12.3. The van der Waals surface area contributed by atoms with Gasteiger partial charge in [-0.25, -0.2) is 0 Å². The summed E-state index contributed by atoms with van der Waals surface area (Å²) in [5.74, 6) is 0. The van der Waals surface area contributed by atoms with Gasteiger partial charge in [-0.15, -0.1) is 0 Å². The van der Waals surface area contributed by atoms with E-state index in [-0.39, 0.29) is 5.60 Å². The van der Waals surface area contributed by atoms with Gasteiger partial charge in [-0.05, 0) is 59.2 Å². The number of ether oxygens (including phenoxy) is 1. The van der Waals surface area contributed by atoms with Gasteiger partial charge >= 0.3 is 0 Å². The molecule has 0 saturated carbocycles. The number of rotatable bonds is 3. The highest BCUT2D eigenvalue weighted by molar-refractivity contribution is 4.87. The SMILES string of the molecule is CCN1CCC(NC2CCOC(C)(C)C2)CC1. The van der Waals surface area contributed by atoms with Crippen LogP contribution < -0.4 is 5.32 Å². The Labute approximate surface area is 106 Å². The van der Waals surface area contributed by atoms with Gasteiger partial charge < -0.3 is 15.0 Å². The molecule has 0 bridgehead atoms. The summed E-state index contributed by atoms with van der Waals surface area (Å²) in [5, 5.41) is 3.85. The summed E-state index contributed by atoms with van der Waals surface area (Å²) < 4.78 is 5.77. The van der Waals surface area contributed by atoms with E-state index in [9.17, 15) is 0 Å². The van der Waals surface area contributed by atoms with E-state index in [1.807, 2.05) is 0 Å². The highest BCUT2D eigenvalue weighted by Crippen LogP contribution is 2.25. The van der Waals surface area contributed by atoms with Gasteiger partial charge in [0.25, 0.3) is 0 Å². The summed E-state index contributed by atoms with van der Waals surface area (Å²) in [5.41, 5.74) is 0.0695. The highest BCUT2D eigenvalue weighted by atomic mass is 16.5. The molecule has 0 aromatic carbocycles. The van der Waals surface area contributed by atoms with Gasteiger partial charge in [0.05, 0.1) is 5.60 Å². The molecule has 2 saturated heterocycles. The number of nitrogens with one attached hydrogen (secondary N) is 1. The van der Waals surface area contributed by atoms with Crippen LogP contribution in [0.3, 0.4) is 0 Å². The fourth-order valence-electron chi connectivity index (χ4n) is 3.12. The number of nitrogens with zero attached hydrogens (tertiary/aromatic N) is 1. The molecule has 0 aromatic heterocycles. The Bertz CT molecular complexity index is 234. The van der Waals surface area contributed by atoms with Crippen LogP contribution in [0.2, 0.25) is 0 Å². The van der Waals surface area contributed by atoms with Gasteiger partial charge in [0.1, 0.15) is 0 Å². The third-order valence-electron chi connectivity index (χ3n) is 4.20. The highest BCUT2D eigenvalue weighted by Gasteiger charge is 2.30. The molecule has 1 atom stereocenters. The molecular weight excluding hydrogens is 212 g/mol. The van der Waals surface area contributed by atoms with Gasteiger partial charge in [0.2, 0.25) is 0 Å². The second kappa shape index (κ2) is 5.68. The predicted molar refractivity (Wildman–Crippen MR) is 71.3 cm³/mol. The van der Waals surface area contributed by atoms with Crippen molar-refractivity contribution >= 4 is 0 Å². The van der Waals surface area contributed by atoms with E-state index >= 15 is 0 Å². The van der Waals surface area contributed by atoms with Crippen molar-refractivity contribution in [3.8, 4) is 0 Å². The Morgan fingerprint density at radius 1 is 1.18 bits per heavy atom. The van der Waals surface area contributed by atoms with Crippen molar-refractivity contribution < 1.29 is 4.74 Å². The molecule has 2 fully saturated rings. The molecule has 3 heteroatoms. The lowest BCUT2D eigenvalue weighted by atomic mass is 9.92. The Morgan fingerprint density at radius 3 is 2.47 bits per heavy atom. The summed E-state index contributed by atoms with van der Waals surface area (Å²) in [6, 6.07) is 1.40. The molecule has 0 aromatic rings. The number of likely N-dealkylation sites (tertiary alicyclic amines) is 1. The first-order chi connectivity index (χ1) is 8.09. The molecule has 0 radical (unpaired) electrons. The third-order valence-corrected chi connectivity index (χ3v) is 4.20. The minimum Gasteiger partial charge on any atom is -0.375 e. The van der Waals surface area contributed by atoms with Gasteiger partial charge in [0.15, 0.2) is 0 Å². The van der Waals surface area contributed by atoms with E-state index in [4.69, 9.17) is 4.74 Å². The molecule has 3 nitrogen and oxygen atoms in total. The van der Waals surface area contributed by atoms with Crippen LogP contribution in [-0.4, -0.2) is 48.8 Å². The van der Waals surface area contributed by atoms with Crippen LogP contribution in [0.15, 0.2) is 0 Å². The molecule has 17 heavy (non-hydrogen) atoms.